The van der Waals surface area contributed by atoms with Crippen LogP contribution in [0.3, 0.4) is 0 Å². The molecule has 0 unspecified atom stereocenters. The first kappa shape index (κ1) is 16.4. The molecule has 118 valence electrons. The summed E-state index contributed by atoms with van der Waals surface area (Å²) in [7, 11) is 2.12. The van der Waals surface area contributed by atoms with Crippen molar-refractivity contribution in [2.24, 2.45) is 5.92 Å². The number of benzene rings is 1. The standard InChI is InChI=1S/C18H29FN2/c1-3-20-12-16-9-10-18(19)17(11-16)14-21(2)13-15-7-5-4-6-8-15/h9-11,15,20H,3-8,12-14H2,1-2H3. The molecule has 0 aromatic heterocycles. The van der Waals surface area contributed by atoms with Gasteiger partial charge in [-0.3, -0.25) is 0 Å². The molecular weight excluding hydrogens is 263 g/mol. The first-order valence-corrected chi connectivity index (χ1v) is 8.35. The van der Waals surface area contributed by atoms with E-state index in [1.807, 2.05) is 12.1 Å². The minimum absolute atomic E-state index is 0.0780. The number of hydrogen-bond donors (Lipinski definition) is 1. The third-order valence-electron chi connectivity index (χ3n) is 4.42. The van der Waals surface area contributed by atoms with Crippen molar-refractivity contribution in [1.82, 2.24) is 10.2 Å². The van der Waals surface area contributed by atoms with Crippen LogP contribution in [0, 0.1) is 11.7 Å². The van der Waals surface area contributed by atoms with Crippen molar-refractivity contribution in [3.63, 3.8) is 0 Å². The topological polar surface area (TPSA) is 15.3 Å². The summed E-state index contributed by atoms with van der Waals surface area (Å²) >= 11 is 0. The molecule has 1 aromatic carbocycles. The molecule has 0 heterocycles. The van der Waals surface area contributed by atoms with Gasteiger partial charge in [0.15, 0.2) is 0 Å². The Balaban J connectivity index is 1.90. The number of rotatable bonds is 7. The van der Waals surface area contributed by atoms with Crippen LogP contribution in [0.15, 0.2) is 18.2 Å². The molecule has 1 aliphatic rings. The fourth-order valence-corrected chi connectivity index (χ4v) is 3.29. The predicted molar refractivity (Wildman–Crippen MR) is 86.7 cm³/mol. The van der Waals surface area contributed by atoms with Crippen molar-refractivity contribution >= 4 is 0 Å². The molecule has 2 nitrogen and oxygen atoms in total. The van der Waals surface area contributed by atoms with Crippen LogP contribution in [0.5, 0.6) is 0 Å². The van der Waals surface area contributed by atoms with E-state index in [0.29, 0.717) is 6.54 Å². The van der Waals surface area contributed by atoms with Gasteiger partial charge in [0.1, 0.15) is 5.82 Å². The van der Waals surface area contributed by atoms with Crippen molar-refractivity contribution < 1.29 is 4.39 Å². The number of nitrogens with one attached hydrogen (secondary N) is 1. The van der Waals surface area contributed by atoms with E-state index in [1.54, 1.807) is 6.07 Å². The molecule has 0 aliphatic heterocycles. The Bertz CT molecular complexity index is 427. The van der Waals surface area contributed by atoms with Crippen molar-refractivity contribution in [3.8, 4) is 0 Å². The van der Waals surface area contributed by atoms with Gasteiger partial charge in [-0.05, 0) is 44.0 Å². The minimum atomic E-state index is -0.0780. The Morgan fingerprint density at radius 3 is 2.71 bits per heavy atom. The summed E-state index contributed by atoms with van der Waals surface area (Å²) in [6, 6.07) is 5.49. The highest BCUT2D eigenvalue weighted by Gasteiger charge is 2.16. The molecule has 0 amide bonds. The van der Waals surface area contributed by atoms with Crippen LogP contribution in [-0.2, 0) is 13.1 Å². The largest absolute Gasteiger partial charge is 0.313 e. The molecule has 0 radical (unpaired) electrons. The summed E-state index contributed by atoms with van der Waals surface area (Å²) in [5, 5.41) is 3.29. The highest BCUT2D eigenvalue weighted by molar-refractivity contribution is 5.25. The Hall–Kier alpha value is -0.930. The SMILES string of the molecule is CCNCc1ccc(F)c(CN(C)CC2CCCCC2)c1. The maximum Gasteiger partial charge on any atom is 0.127 e. The molecule has 21 heavy (non-hydrogen) atoms. The predicted octanol–water partition coefficient (Wildman–Crippen LogP) is 3.95. The Kier molecular flexibility index (Phi) is 6.65. The van der Waals surface area contributed by atoms with Gasteiger partial charge >= 0.3 is 0 Å². The normalized spacial score (nSPS) is 16.6. The summed E-state index contributed by atoms with van der Waals surface area (Å²) in [4.78, 5) is 2.28. The first-order chi connectivity index (χ1) is 10.2. The summed E-state index contributed by atoms with van der Waals surface area (Å²) in [6.45, 7) is 5.64. The fraction of sp³-hybridized carbons (Fsp3) is 0.667. The monoisotopic (exact) mass is 292 g/mol. The smallest absolute Gasteiger partial charge is 0.127 e. The van der Waals surface area contributed by atoms with Gasteiger partial charge in [0.2, 0.25) is 0 Å². The van der Waals surface area contributed by atoms with Crippen molar-refractivity contribution in [2.75, 3.05) is 20.1 Å². The molecule has 0 atom stereocenters. The zero-order valence-corrected chi connectivity index (χ0v) is 13.5. The molecule has 1 saturated carbocycles. The lowest BCUT2D eigenvalue weighted by Gasteiger charge is -2.27. The zero-order chi connectivity index (χ0) is 15.1. The van der Waals surface area contributed by atoms with E-state index in [9.17, 15) is 4.39 Å². The van der Waals surface area contributed by atoms with Gasteiger partial charge in [-0.25, -0.2) is 4.39 Å². The van der Waals surface area contributed by atoms with Gasteiger partial charge in [0.25, 0.3) is 0 Å². The average molecular weight is 292 g/mol. The van der Waals surface area contributed by atoms with Gasteiger partial charge in [-0.2, -0.15) is 0 Å². The number of halogens is 1. The molecule has 0 bridgehead atoms. The van der Waals surface area contributed by atoms with Gasteiger partial charge in [0.05, 0.1) is 0 Å². The molecule has 1 fully saturated rings. The highest BCUT2D eigenvalue weighted by Crippen LogP contribution is 2.24. The summed E-state index contributed by atoms with van der Waals surface area (Å²) < 4.78 is 14.0. The van der Waals surface area contributed by atoms with Crippen LogP contribution < -0.4 is 5.32 Å². The Morgan fingerprint density at radius 1 is 1.24 bits per heavy atom. The quantitative estimate of drug-likeness (QED) is 0.818. The van der Waals surface area contributed by atoms with Crippen molar-refractivity contribution in [3.05, 3.63) is 35.1 Å². The molecule has 1 aliphatic carbocycles. The molecular formula is C18H29FN2. The van der Waals surface area contributed by atoms with E-state index in [1.165, 1.54) is 37.7 Å². The highest BCUT2D eigenvalue weighted by atomic mass is 19.1. The van der Waals surface area contributed by atoms with Crippen molar-refractivity contribution in [2.45, 2.75) is 52.1 Å². The van der Waals surface area contributed by atoms with Gasteiger partial charge in [0, 0.05) is 25.2 Å². The van der Waals surface area contributed by atoms with Gasteiger partial charge in [-0.15, -0.1) is 0 Å². The molecule has 1 aromatic rings. The molecule has 0 spiro atoms. The maximum atomic E-state index is 14.0. The van der Waals surface area contributed by atoms with E-state index in [4.69, 9.17) is 0 Å². The van der Waals surface area contributed by atoms with E-state index in [2.05, 4.69) is 24.2 Å². The van der Waals surface area contributed by atoms with Gasteiger partial charge < -0.3 is 10.2 Å². The number of hydrogen-bond acceptors (Lipinski definition) is 2. The van der Waals surface area contributed by atoms with E-state index < -0.39 is 0 Å². The molecule has 1 N–H and O–H groups in total. The van der Waals surface area contributed by atoms with Crippen LogP contribution >= 0.6 is 0 Å². The van der Waals surface area contributed by atoms with Crippen LogP contribution in [0.4, 0.5) is 4.39 Å². The lowest BCUT2D eigenvalue weighted by atomic mass is 9.89. The second kappa shape index (κ2) is 8.50. The summed E-state index contributed by atoms with van der Waals surface area (Å²) in [6.07, 6.45) is 6.80. The average Bonchev–Trinajstić information content (AvgIpc) is 2.49. The zero-order valence-electron chi connectivity index (χ0n) is 13.5. The van der Waals surface area contributed by atoms with Crippen LogP contribution in [0.25, 0.3) is 0 Å². The maximum absolute atomic E-state index is 14.0. The second-order valence-electron chi connectivity index (χ2n) is 6.41. The third kappa shape index (κ3) is 5.40. The summed E-state index contributed by atoms with van der Waals surface area (Å²) in [5.41, 5.74) is 1.99. The van der Waals surface area contributed by atoms with Gasteiger partial charge in [-0.1, -0.05) is 38.3 Å². The van der Waals surface area contributed by atoms with Crippen LogP contribution in [-0.4, -0.2) is 25.0 Å². The fourth-order valence-electron chi connectivity index (χ4n) is 3.29. The van der Waals surface area contributed by atoms with Crippen molar-refractivity contribution in [1.29, 1.82) is 0 Å². The third-order valence-corrected chi connectivity index (χ3v) is 4.42. The Labute approximate surface area is 128 Å². The molecule has 0 saturated heterocycles. The lowest BCUT2D eigenvalue weighted by molar-refractivity contribution is 0.226. The summed E-state index contributed by atoms with van der Waals surface area (Å²) in [5.74, 6) is 0.725. The molecule has 2 rings (SSSR count). The lowest BCUT2D eigenvalue weighted by Crippen LogP contribution is -2.27. The molecule has 3 heteroatoms. The van der Waals surface area contributed by atoms with E-state index in [-0.39, 0.29) is 5.82 Å². The Morgan fingerprint density at radius 2 is 2.00 bits per heavy atom. The second-order valence-corrected chi connectivity index (χ2v) is 6.41. The van der Waals surface area contributed by atoms with Crippen LogP contribution in [0.1, 0.15) is 50.2 Å². The van der Waals surface area contributed by atoms with Crippen LogP contribution in [0.2, 0.25) is 0 Å². The van der Waals surface area contributed by atoms with E-state index in [0.717, 1.165) is 31.1 Å². The number of nitrogens with zero attached hydrogens (tertiary/aromatic N) is 1. The first-order valence-electron chi connectivity index (χ1n) is 8.35. The minimum Gasteiger partial charge on any atom is -0.313 e. The van der Waals surface area contributed by atoms with E-state index >= 15 is 0 Å².